The van der Waals surface area contributed by atoms with Crippen LogP contribution >= 0.6 is 27.3 Å². The molecule has 0 saturated heterocycles. The molecule has 90 valence electrons. The molecule has 1 heterocycles. The number of thiophene rings is 1. The van der Waals surface area contributed by atoms with Gasteiger partial charge in [-0.15, -0.1) is 11.3 Å². The van der Waals surface area contributed by atoms with Crippen molar-refractivity contribution < 1.29 is 4.39 Å². The van der Waals surface area contributed by atoms with Gasteiger partial charge in [0.1, 0.15) is 5.82 Å². The second-order valence-corrected chi connectivity index (χ2v) is 6.18. The van der Waals surface area contributed by atoms with E-state index in [1.54, 1.807) is 23.5 Å². The molecule has 0 spiro atoms. The summed E-state index contributed by atoms with van der Waals surface area (Å²) in [6, 6.07) is 6.82. The van der Waals surface area contributed by atoms with E-state index in [-0.39, 0.29) is 11.9 Å². The van der Waals surface area contributed by atoms with Crippen LogP contribution in [0, 0.1) is 19.7 Å². The molecule has 0 radical (unpaired) electrons. The summed E-state index contributed by atoms with van der Waals surface area (Å²) in [7, 11) is 0. The lowest BCUT2D eigenvalue weighted by Crippen LogP contribution is -2.10. The fourth-order valence-electron chi connectivity index (χ4n) is 1.63. The second kappa shape index (κ2) is 4.88. The van der Waals surface area contributed by atoms with Gasteiger partial charge in [0.25, 0.3) is 0 Å². The smallest absolute Gasteiger partial charge is 0.137 e. The monoisotopic (exact) mass is 313 g/mol. The zero-order valence-electron chi connectivity index (χ0n) is 9.63. The Morgan fingerprint density at radius 1 is 1.29 bits per heavy atom. The van der Waals surface area contributed by atoms with Crippen LogP contribution in [0.15, 0.2) is 28.7 Å². The average molecular weight is 314 g/mol. The summed E-state index contributed by atoms with van der Waals surface area (Å²) in [5.74, 6) is -0.264. The molecule has 0 amide bonds. The largest absolute Gasteiger partial charge is 0.320 e. The molecule has 1 unspecified atom stereocenters. The van der Waals surface area contributed by atoms with Gasteiger partial charge < -0.3 is 5.73 Å². The van der Waals surface area contributed by atoms with Crippen LogP contribution < -0.4 is 5.73 Å². The van der Waals surface area contributed by atoms with Crippen molar-refractivity contribution in [1.82, 2.24) is 0 Å². The van der Waals surface area contributed by atoms with Gasteiger partial charge in [-0.25, -0.2) is 4.39 Å². The van der Waals surface area contributed by atoms with Crippen molar-refractivity contribution in [2.24, 2.45) is 5.73 Å². The van der Waals surface area contributed by atoms with Crippen molar-refractivity contribution in [3.05, 3.63) is 55.4 Å². The molecule has 1 aromatic carbocycles. The van der Waals surface area contributed by atoms with E-state index in [0.29, 0.717) is 4.47 Å². The minimum absolute atomic E-state index is 0.190. The van der Waals surface area contributed by atoms with Gasteiger partial charge in [-0.2, -0.15) is 0 Å². The summed E-state index contributed by atoms with van der Waals surface area (Å²) in [6.45, 7) is 4.15. The van der Waals surface area contributed by atoms with Gasteiger partial charge in [0.15, 0.2) is 0 Å². The lowest BCUT2D eigenvalue weighted by molar-refractivity contribution is 0.619. The Balaban J connectivity index is 2.36. The lowest BCUT2D eigenvalue weighted by atomic mass is 10.1. The average Bonchev–Trinajstić information content (AvgIpc) is 2.62. The number of nitrogens with two attached hydrogens (primary N) is 1. The first-order chi connectivity index (χ1) is 7.99. The normalized spacial score (nSPS) is 12.8. The minimum Gasteiger partial charge on any atom is -0.320 e. The van der Waals surface area contributed by atoms with Crippen LogP contribution in [0.4, 0.5) is 4.39 Å². The molecule has 0 bridgehead atoms. The molecule has 1 nitrogen and oxygen atoms in total. The molecule has 2 rings (SSSR count). The predicted octanol–water partition coefficient (Wildman–Crippen LogP) is 4.31. The maximum atomic E-state index is 13.1. The third kappa shape index (κ3) is 2.59. The van der Waals surface area contributed by atoms with Gasteiger partial charge >= 0.3 is 0 Å². The van der Waals surface area contributed by atoms with Crippen LogP contribution in [0.5, 0.6) is 0 Å². The van der Waals surface area contributed by atoms with E-state index in [2.05, 4.69) is 35.8 Å². The zero-order valence-corrected chi connectivity index (χ0v) is 12.0. The molecule has 1 atom stereocenters. The summed E-state index contributed by atoms with van der Waals surface area (Å²) in [6.07, 6.45) is 0. The number of halogens is 2. The molecule has 0 aliphatic carbocycles. The van der Waals surface area contributed by atoms with Gasteiger partial charge in [0.05, 0.1) is 10.5 Å². The van der Waals surface area contributed by atoms with Crippen LogP contribution in [-0.4, -0.2) is 0 Å². The Morgan fingerprint density at radius 3 is 2.53 bits per heavy atom. The molecular weight excluding hydrogens is 301 g/mol. The van der Waals surface area contributed by atoms with Gasteiger partial charge in [-0.05, 0) is 59.1 Å². The summed E-state index contributed by atoms with van der Waals surface area (Å²) >= 11 is 4.87. The third-order valence-electron chi connectivity index (χ3n) is 2.79. The number of aryl methyl sites for hydroxylation is 2. The van der Waals surface area contributed by atoms with Crippen molar-refractivity contribution >= 4 is 27.3 Å². The van der Waals surface area contributed by atoms with Crippen LogP contribution in [0.3, 0.4) is 0 Å². The van der Waals surface area contributed by atoms with Crippen LogP contribution in [0.1, 0.15) is 26.9 Å². The molecule has 2 N–H and O–H groups in total. The highest BCUT2D eigenvalue weighted by atomic mass is 79.9. The molecule has 0 fully saturated rings. The first-order valence-corrected chi connectivity index (χ1v) is 6.87. The molecule has 4 heteroatoms. The molecule has 0 saturated carbocycles. The Kier molecular flexibility index (Phi) is 3.66. The fourth-order valence-corrected chi connectivity index (χ4v) is 3.09. The number of benzene rings is 1. The Bertz CT molecular complexity index is 531. The molecule has 2 aromatic rings. The van der Waals surface area contributed by atoms with Crippen molar-refractivity contribution in [3.63, 3.8) is 0 Å². The lowest BCUT2D eigenvalue weighted by Gasteiger charge is -2.10. The Hall–Kier alpha value is -0.710. The highest BCUT2D eigenvalue weighted by Crippen LogP contribution is 2.30. The highest BCUT2D eigenvalue weighted by molar-refractivity contribution is 9.10. The van der Waals surface area contributed by atoms with Crippen molar-refractivity contribution in [1.29, 1.82) is 0 Å². The Morgan fingerprint density at radius 2 is 2.00 bits per heavy atom. The quantitative estimate of drug-likeness (QED) is 0.878. The molecule has 1 aromatic heterocycles. The number of hydrogen-bond acceptors (Lipinski definition) is 2. The summed E-state index contributed by atoms with van der Waals surface area (Å²) in [4.78, 5) is 2.38. The molecule has 17 heavy (non-hydrogen) atoms. The second-order valence-electron chi connectivity index (χ2n) is 4.04. The van der Waals surface area contributed by atoms with Crippen molar-refractivity contribution in [2.45, 2.75) is 19.9 Å². The minimum atomic E-state index is -0.264. The third-order valence-corrected chi connectivity index (χ3v) is 4.64. The van der Waals surface area contributed by atoms with E-state index < -0.39 is 0 Å². The van der Waals surface area contributed by atoms with Crippen LogP contribution in [0.25, 0.3) is 0 Å². The van der Waals surface area contributed by atoms with E-state index in [1.807, 2.05) is 0 Å². The molecular formula is C13H13BrFNS. The number of hydrogen-bond donors (Lipinski definition) is 1. The highest BCUT2D eigenvalue weighted by Gasteiger charge is 2.13. The first kappa shape index (κ1) is 12.7. The van der Waals surface area contributed by atoms with Gasteiger partial charge in [0, 0.05) is 9.75 Å². The van der Waals surface area contributed by atoms with E-state index in [4.69, 9.17) is 5.73 Å². The van der Waals surface area contributed by atoms with Gasteiger partial charge in [0.2, 0.25) is 0 Å². The van der Waals surface area contributed by atoms with Crippen LogP contribution in [-0.2, 0) is 0 Å². The van der Waals surface area contributed by atoms with Crippen molar-refractivity contribution in [2.75, 3.05) is 0 Å². The Labute approximate surface area is 113 Å². The predicted molar refractivity (Wildman–Crippen MR) is 73.9 cm³/mol. The summed E-state index contributed by atoms with van der Waals surface area (Å²) in [5, 5.41) is 0. The molecule has 0 aliphatic rings. The SMILES string of the molecule is Cc1cc(C(N)c2ccc(F)c(Br)c2)sc1C. The van der Waals surface area contributed by atoms with E-state index in [1.165, 1.54) is 16.5 Å². The maximum absolute atomic E-state index is 13.1. The van der Waals surface area contributed by atoms with Gasteiger partial charge in [-0.1, -0.05) is 6.07 Å². The van der Waals surface area contributed by atoms with E-state index in [9.17, 15) is 4.39 Å². The van der Waals surface area contributed by atoms with Crippen LogP contribution in [0.2, 0.25) is 0 Å². The zero-order chi connectivity index (χ0) is 12.6. The van der Waals surface area contributed by atoms with Gasteiger partial charge in [-0.3, -0.25) is 0 Å². The summed E-state index contributed by atoms with van der Waals surface area (Å²) in [5.41, 5.74) is 8.35. The topological polar surface area (TPSA) is 26.0 Å². The number of rotatable bonds is 2. The fraction of sp³-hybridized carbons (Fsp3) is 0.231. The summed E-state index contributed by atoms with van der Waals surface area (Å²) < 4.78 is 13.6. The standard InChI is InChI=1S/C13H13BrFNS/c1-7-5-12(17-8(7)2)13(16)9-3-4-11(15)10(14)6-9/h3-6,13H,16H2,1-2H3. The maximum Gasteiger partial charge on any atom is 0.137 e. The van der Waals surface area contributed by atoms with E-state index in [0.717, 1.165) is 10.4 Å². The van der Waals surface area contributed by atoms with Crippen molar-refractivity contribution in [3.8, 4) is 0 Å². The van der Waals surface area contributed by atoms with E-state index >= 15 is 0 Å². The first-order valence-electron chi connectivity index (χ1n) is 5.26. The molecule has 0 aliphatic heterocycles.